The van der Waals surface area contributed by atoms with Gasteiger partial charge >= 0.3 is 0 Å². The molecule has 2 atom stereocenters. The van der Waals surface area contributed by atoms with E-state index in [0.717, 1.165) is 26.2 Å². The van der Waals surface area contributed by atoms with Gasteiger partial charge in [0.2, 0.25) is 0 Å². The average Bonchev–Trinajstić information content (AvgIpc) is 2.78. The van der Waals surface area contributed by atoms with Gasteiger partial charge in [0.25, 0.3) is 0 Å². The van der Waals surface area contributed by atoms with Gasteiger partial charge in [-0.05, 0) is 0 Å². The molecule has 1 fully saturated rings. The summed E-state index contributed by atoms with van der Waals surface area (Å²) in [5.41, 5.74) is 1.84. The van der Waals surface area contributed by atoms with E-state index < -0.39 is 0 Å². The number of aromatic nitrogens is 1. The van der Waals surface area contributed by atoms with Crippen molar-refractivity contribution in [2.45, 2.75) is 12.6 Å². The van der Waals surface area contributed by atoms with E-state index in [1.54, 1.807) is 11.3 Å². The zero-order valence-electron chi connectivity index (χ0n) is 7.94. The number of hydrogen-bond acceptors (Lipinski definition) is 5. The lowest BCUT2D eigenvalue weighted by atomic mass is 10.1. The molecule has 0 aliphatic carbocycles. The van der Waals surface area contributed by atoms with Crippen LogP contribution >= 0.6 is 11.3 Å². The van der Waals surface area contributed by atoms with Crippen molar-refractivity contribution >= 4 is 11.3 Å². The van der Waals surface area contributed by atoms with Gasteiger partial charge in [0.1, 0.15) is 0 Å². The molecule has 1 aliphatic rings. The summed E-state index contributed by atoms with van der Waals surface area (Å²) in [6.07, 6.45) is 1.69. The van der Waals surface area contributed by atoms with E-state index in [4.69, 9.17) is 0 Å². The summed E-state index contributed by atoms with van der Waals surface area (Å²) in [4.78, 5) is 5.25. The van der Waals surface area contributed by atoms with Crippen LogP contribution in [0.25, 0.3) is 0 Å². The Morgan fingerprint density at radius 1 is 1.64 bits per heavy atom. The van der Waals surface area contributed by atoms with Gasteiger partial charge in [-0.15, -0.1) is 11.3 Å². The third-order valence-corrected chi connectivity index (χ3v) is 3.27. The average molecular weight is 213 g/mol. The number of hydrogen-bond donors (Lipinski definition) is 3. The summed E-state index contributed by atoms with van der Waals surface area (Å²) >= 11 is 1.65. The maximum Gasteiger partial charge on any atom is 0.0794 e. The summed E-state index contributed by atoms with van der Waals surface area (Å²) in [6, 6.07) is 0. The van der Waals surface area contributed by atoms with Gasteiger partial charge in [0, 0.05) is 43.2 Å². The molecule has 0 bridgehead atoms. The van der Waals surface area contributed by atoms with Crippen molar-refractivity contribution in [1.29, 1.82) is 0 Å². The van der Waals surface area contributed by atoms with Crippen molar-refractivity contribution in [3.63, 3.8) is 0 Å². The van der Waals surface area contributed by atoms with Crippen LogP contribution in [0.5, 0.6) is 0 Å². The number of aliphatic hydroxyl groups excluding tert-OH is 1. The highest BCUT2D eigenvalue weighted by Crippen LogP contribution is 2.08. The molecule has 2 unspecified atom stereocenters. The van der Waals surface area contributed by atoms with E-state index >= 15 is 0 Å². The Balaban J connectivity index is 1.68. The molecule has 0 amide bonds. The van der Waals surface area contributed by atoms with Crippen LogP contribution in [0, 0.1) is 5.92 Å². The van der Waals surface area contributed by atoms with Crippen molar-refractivity contribution in [2.75, 3.05) is 19.6 Å². The van der Waals surface area contributed by atoms with Crippen LogP contribution < -0.4 is 10.6 Å². The van der Waals surface area contributed by atoms with Crippen LogP contribution in [-0.4, -0.2) is 35.8 Å². The van der Waals surface area contributed by atoms with Crippen LogP contribution in [0.3, 0.4) is 0 Å². The van der Waals surface area contributed by atoms with E-state index in [-0.39, 0.29) is 6.10 Å². The van der Waals surface area contributed by atoms with Crippen molar-refractivity contribution in [3.8, 4) is 0 Å². The maximum atomic E-state index is 9.53. The van der Waals surface area contributed by atoms with Crippen molar-refractivity contribution in [1.82, 2.24) is 15.6 Å². The van der Waals surface area contributed by atoms with Gasteiger partial charge < -0.3 is 15.7 Å². The normalized spacial score (nSPS) is 26.9. The van der Waals surface area contributed by atoms with Crippen molar-refractivity contribution in [3.05, 3.63) is 16.6 Å². The standard InChI is InChI=1S/C9H15N3OS/c13-9-5-11-2-7(9)1-10-3-8-4-12-6-14-8/h4,6-7,9-11,13H,1-3,5H2. The Morgan fingerprint density at radius 2 is 2.57 bits per heavy atom. The lowest BCUT2D eigenvalue weighted by Gasteiger charge is -2.13. The highest BCUT2D eigenvalue weighted by atomic mass is 32.1. The van der Waals surface area contributed by atoms with Crippen molar-refractivity contribution < 1.29 is 5.11 Å². The second-order valence-electron chi connectivity index (χ2n) is 3.58. The first kappa shape index (κ1) is 10.0. The molecule has 2 heterocycles. The molecular formula is C9H15N3OS. The molecule has 14 heavy (non-hydrogen) atoms. The summed E-state index contributed by atoms with van der Waals surface area (Å²) in [5, 5.41) is 16.0. The van der Waals surface area contributed by atoms with E-state index in [2.05, 4.69) is 15.6 Å². The topological polar surface area (TPSA) is 57.2 Å². The molecule has 1 aromatic heterocycles. The van der Waals surface area contributed by atoms with Gasteiger partial charge in [0.05, 0.1) is 11.6 Å². The molecule has 1 saturated heterocycles. The lowest BCUT2D eigenvalue weighted by Crippen LogP contribution is -2.29. The number of thiazole rings is 1. The van der Waals surface area contributed by atoms with Crippen LogP contribution in [0.1, 0.15) is 4.88 Å². The molecule has 2 rings (SSSR count). The predicted molar refractivity (Wildman–Crippen MR) is 56.2 cm³/mol. The van der Waals surface area contributed by atoms with E-state index in [0.29, 0.717) is 5.92 Å². The molecule has 3 N–H and O–H groups in total. The molecule has 0 radical (unpaired) electrons. The third kappa shape index (κ3) is 2.51. The first-order valence-electron chi connectivity index (χ1n) is 4.83. The zero-order chi connectivity index (χ0) is 9.80. The highest BCUT2D eigenvalue weighted by Gasteiger charge is 2.23. The SMILES string of the molecule is OC1CNCC1CNCc1cncs1. The van der Waals surface area contributed by atoms with Gasteiger partial charge in [0.15, 0.2) is 0 Å². The largest absolute Gasteiger partial charge is 0.391 e. The minimum Gasteiger partial charge on any atom is -0.391 e. The minimum atomic E-state index is -0.191. The Morgan fingerprint density at radius 3 is 3.21 bits per heavy atom. The highest BCUT2D eigenvalue weighted by molar-refractivity contribution is 7.09. The van der Waals surface area contributed by atoms with E-state index in [1.807, 2.05) is 11.7 Å². The number of aliphatic hydroxyl groups is 1. The molecule has 4 nitrogen and oxygen atoms in total. The molecule has 1 aromatic rings. The van der Waals surface area contributed by atoms with Gasteiger partial charge in [-0.2, -0.15) is 0 Å². The smallest absolute Gasteiger partial charge is 0.0794 e. The summed E-state index contributed by atoms with van der Waals surface area (Å²) < 4.78 is 0. The summed E-state index contributed by atoms with van der Waals surface area (Å²) in [5.74, 6) is 0.350. The van der Waals surface area contributed by atoms with Gasteiger partial charge in [-0.25, -0.2) is 0 Å². The number of rotatable bonds is 4. The fourth-order valence-electron chi connectivity index (χ4n) is 1.64. The molecule has 1 aliphatic heterocycles. The fourth-order valence-corrected chi connectivity index (χ4v) is 2.20. The molecule has 0 aromatic carbocycles. The zero-order valence-corrected chi connectivity index (χ0v) is 8.76. The first-order chi connectivity index (χ1) is 6.86. The van der Waals surface area contributed by atoms with E-state index in [1.165, 1.54) is 4.88 Å². The number of nitrogens with zero attached hydrogens (tertiary/aromatic N) is 1. The Kier molecular flexibility index (Phi) is 3.47. The Bertz CT molecular complexity index is 265. The second kappa shape index (κ2) is 4.84. The molecule has 0 spiro atoms. The van der Waals surface area contributed by atoms with Crippen LogP contribution in [0.15, 0.2) is 11.7 Å². The molecule has 0 saturated carbocycles. The maximum absolute atomic E-state index is 9.53. The van der Waals surface area contributed by atoms with Crippen molar-refractivity contribution in [2.24, 2.45) is 5.92 Å². The van der Waals surface area contributed by atoms with Gasteiger partial charge in [-0.1, -0.05) is 0 Å². The number of nitrogens with one attached hydrogen (secondary N) is 2. The predicted octanol–water partition coefficient (Wildman–Crippen LogP) is -0.187. The third-order valence-electron chi connectivity index (χ3n) is 2.49. The van der Waals surface area contributed by atoms with Gasteiger partial charge in [-0.3, -0.25) is 4.98 Å². The number of β-amino-alcohol motifs (C(OH)–C–C–N with tert-alkyl or cyclic N) is 1. The minimum absolute atomic E-state index is 0.191. The Labute approximate surface area is 87.4 Å². The quantitative estimate of drug-likeness (QED) is 0.649. The summed E-state index contributed by atoms with van der Waals surface area (Å²) in [6.45, 7) is 3.36. The fraction of sp³-hybridized carbons (Fsp3) is 0.667. The van der Waals surface area contributed by atoms with Crippen LogP contribution in [0.2, 0.25) is 0 Å². The summed E-state index contributed by atoms with van der Waals surface area (Å²) in [7, 11) is 0. The molecule has 78 valence electrons. The molecular weight excluding hydrogens is 198 g/mol. The first-order valence-corrected chi connectivity index (χ1v) is 5.71. The molecule has 5 heteroatoms. The monoisotopic (exact) mass is 213 g/mol. The van der Waals surface area contributed by atoms with E-state index in [9.17, 15) is 5.11 Å². The van der Waals surface area contributed by atoms with Crippen LogP contribution in [0.4, 0.5) is 0 Å². The lowest BCUT2D eigenvalue weighted by molar-refractivity contribution is 0.146. The second-order valence-corrected chi connectivity index (χ2v) is 4.56. The van der Waals surface area contributed by atoms with Crippen LogP contribution in [-0.2, 0) is 6.54 Å². The Hall–Kier alpha value is -0.490.